The average molecular weight is 383 g/mol. The third-order valence-corrected chi connectivity index (χ3v) is 2.85. The molecule has 0 bridgehead atoms. The number of hydrogen-bond acceptors (Lipinski definition) is 1. The Bertz CT molecular complexity index is 291. The van der Waals surface area contributed by atoms with Gasteiger partial charge in [0.25, 0.3) is 0 Å². The van der Waals surface area contributed by atoms with Crippen molar-refractivity contribution in [3.8, 4) is 0 Å². The largest absolute Gasteiger partial charge is 4.00 e. The molecule has 2 aliphatic rings. The van der Waals surface area contributed by atoms with Gasteiger partial charge in [-0.2, -0.15) is 6.08 Å². The molecule has 21 heavy (non-hydrogen) atoms. The van der Waals surface area contributed by atoms with Crippen LogP contribution >= 0.6 is 0 Å². The average Bonchev–Trinajstić information content (AvgIpc) is 2.83. The molecule has 119 valence electrons. The van der Waals surface area contributed by atoms with Crippen molar-refractivity contribution in [2.45, 2.75) is 58.5 Å². The molecule has 1 amide bonds. The first-order chi connectivity index (χ1) is 8.61. The Labute approximate surface area is 160 Å². The number of carbonyl (C=O) groups excluding carboxylic acids is 1. The molecule has 0 atom stereocenters. The van der Waals surface area contributed by atoms with E-state index in [0.717, 1.165) is 41.6 Å². The summed E-state index contributed by atoms with van der Waals surface area (Å²) in [7, 11) is 0.750. The quantitative estimate of drug-likeness (QED) is 0.396. The topological polar surface area (TPSA) is 40.9 Å². The molecule has 2 aliphatic carbocycles. The van der Waals surface area contributed by atoms with Gasteiger partial charge in [0.1, 0.15) is 0 Å². The summed E-state index contributed by atoms with van der Waals surface area (Å²) < 4.78 is 0. The molecule has 2 nitrogen and oxygen atoms in total. The van der Waals surface area contributed by atoms with Gasteiger partial charge in [0.2, 0.25) is 0 Å². The van der Waals surface area contributed by atoms with Crippen LogP contribution in [0.4, 0.5) is 0 Å². The van der Waals surface area contributed by atoms with Gasteiger partial charge in [0.05, 0.1) is 5.91 Å². The Morgan fingerprint density at radius 1 is 1.24 bits per heavy atom. The van der Waals surface area contributed by atoms with Crippen molar-refractivity contribution in [1.82, 2.24) is 0 Å². The van der Waals surface area contributed by atoms with Gasteiger partial charge in [-0.1, -0.05) is 32.4 Å². The van der Waals surface area contributed by atoms with Gasteiger partial charge in [0.15, 0.2) is 0 Å². The van der Waals surface area contributed by atoms with Crippen molar-refractivity contribution in [3.63, 3.8) is 0 Å². The standard InChI is InChI=1S/C7H13NO.C6H7.C2H7Si.2ClH.Ti/c8-7(9)6-4-2-1-3-5-6;1-6-4-2-3-5-6;1-3-2;;;/h6H,1-5H2,(H2,8,9);4-5H,2H2,1H3;3H,1-2H3;2*1H;/q;-1;;;;+4/p-3. The van der Waals surface area contributed by atoms with Crippen molar-refractivity contribution in [2.24, 2.45) is 5.92 Å². The zero-order chi connectivity index (χ0) is 13.8. The molecule has 0 aromatic heterocycles. The Hall–Kier alpha value is 0.461. The van der Waals surface area contributed by atoms with E-state index < -0.39 is 0 Å². The smallest absolute Gasteiger partial charge is 1.00 e. The summed E-state index contributed by atoms with van der Waals surface area (Å²) in [5, 5.41) is 0. The SMILES string of the molecule is CC1=CC[C-]=C1.C[SiH]C.[Cl-].[Cl-].[NH-]C(=O)C1CCCCC1.[Ti+4]. The van der Waals surface area contributed by atoms with Crippen LogP contribution in [0.1, 0.15) is 45.4 Å². The summed E-state index contributed by atoms with van der Waals surface area (Å²) in [6.07, 6.45) is 13.7. The van der Waals surface area contributed by atoms with E-state index in [-0.39, 0.29) is 58.4 Å². The normalized spacial score (nSPS) is 15.5. The predicted molar refractivity (Wildman–Crippen MR) is 81.0 cm³/mol. The van der Waals surface area contributed by atoms with Gasteiger partial charge < -0.3 is 35.3 Å². The first-order valence-corrected chi connectivity index (χ1v) is 9.15. The van der Waals surface area contributed by atoms with Crippen LogP contribution in [0.5, 0.6) is 0 Å². The summed E-state index contributed by atoms with van der Waals surface area (Å²) >= 11 is 0. The first kappa shape index (κ1) is 29.5. The molecule has 1 radical (unpaired) electrons. The zero-order valence-corrected chi connectivity index (χ0v) is 17.4. The van der Waals surface area contributed by atoms with E-state index in [4.69, 9.17) is 5.73 Å². The number of rotatable bonds is 1. The Morgan fingerprint density at radius 2 is 1.71 bits per heavy atom. The van der Waals surface area contributed by atoms with Crippen LogP contribution < -0.4 is 24.8 Å². The van der Waals surface area contributed by atoms with E-state index in [1.54, 1.807) is 0 Å². The number of halogens is 2. The van der Waals surface area contributed by atoms with Crippen LogP contribution in [0.2, 0.25) is 13.1 Å². The number of amides is 1. The molecular weight excluding hydrogens is 357 g/mol. The van der Waals surface area contributed by atoms with Crippen LogP contribution in [0.3, 0.4) is 0 Å². The van der Waals surface area contributed by atoms with Crippen molar-refractivity contribution in [1.29, 1.82) is 0 Å². The van der Waals surface area contributed by atoms with Crippen LogP contribution in [-0.4, -0.2) is 15.4 Å². The monoisotopic (exact) mass is 382 g/mol. The van der Waals surface area contributed by atoms with E-state index in [9.17, 15) is 4.79 Å². The number of carbonyl (C=O) groups is 1. The molecule has 0 spiro atoms. The third-order valence-electron chi connectivity index (χ3n) is 2.85. The Morgan fingerprint density at radius 3 is 1.90 bits per heavy atom. The van der Waals surface area contributed by atoms with Crippen molar-refractivity contribution in [3.05, 3.63) is 29.5 Å². The fourth-order valence-corrected chi connectivity index (χ4v) is 1.86. The van der Waals surface area contributed by atoms with Crippen molar-refractivity contribution >= 4 is 15.4 Å². The van der Waals surface area contributed by atoms with Crippen LogP contribution in [0.25, 0.3) is 5.73 Å². The molecule has 0 aliphatic heterocycles. The molecule has 1 saturated carbocycles. The first-order valence-electron chi connectivity index (χ1n) is 6.84. The molecule has 1 fully saturated rings. The Kier molecular flexibility index (Phi) is 28.7. The predicted octanol–water partition coefficient (Wildman–Crippen LogP) is -1.63. The molecule has 0 saturated heterocycles. The number of nitrogens with one attached hydrogen (secondary N) is 1. The van der Waals surface area contributed by atoms with Crippen molar-refractivity contribution in [2.75, 3.05) is 0 Å². The van der Waals surface area contributed by atoms with Gasteiger partial charge in [0, 0.05) is 15.4 Å². The fourth-order valence-electron chi connectivity index (χ4n) is 1.86. The number of hydrogen-bond donors (Lipinski definition) is 0. The molecule has 6 heteroatoms. The minimum atomic E-state index is -0.352. The second-order valence-electron chi connectivity index (χ2n) is 4.78. The summed E-state index contributed by atoms with van der Waals surface area (Å²) in [6.45, 7) is 6.50. The van der Waals surface area contributed by atoms with Crippen LogP contribution in [0.15, 0.2) is 17.7 Å². The van der Waals surface area contributed by atoms with Crippen LogP contribution in [0, 0.1) is 12.0 Å². The number of allylic oxidation sites excluding steroid dienone is 4. The van der Waals surface area contributed by atoms with Gasteiger partial charge in [-0.25, -0.2) is 11.6 Å². The molecule has 1 N–H and O–H groups in total. The molecule has 0 aromatic rings. The van der Waals surface area contributed by atoms with Gasteiger partial charge in [-0.15, -0.1) is 13.3 Å². The fraction of sp³-hybridized carbons (Fsp3) is 0.667. The maximum atomic E-state index is 10.5. The van der Waals surface area contributed by atoms with Crippen molar-refractivity contribution < 1.29 is 51.3 Å². The summed E-state index contributed by atoms with van der Waals surface area (Å²) in [4.78, 5) is 10.5. The molecule has 2 rings (SSSR count). The Balaban J connectivity index is -0.000000107. The van der Waals surface area contributed by atoms with E-state index in [1.165, 1.54) is 12.0 Å². The van der Waals surface area contributed by atoms with Crippen LogP contribution in [-0.2, 0) is 26.5 Å². The second-order valence-corrected chi connectivity index (χ2v) is 5.93. The van der Waals surface area contributed by atoms with E-state index >= 15 is 0 Å². The zero-order valence-electron chi connectivity index (χ0n) is 13.2. The third kappa shape index (κ3) is 18.4. The minimum absolute atomic E-state index is 0. The summed E-state index contributed by atoms with van der Waals surface area (Å²) in [5.74, 6) is -0.270. The van der Waals surface area contributed by atoms with Gasteiger partial charge in [-0.05, 0) is 12.8 Å². The molecule has 0 aromatic carbocycles. The van der Waals surface area contributed by atoms with E-state index in [0.29, 0.717) is 0 Å². The molecule has 0 unspecified atom stereocenters. The summed E-state index contributed by atoms with van der Waals surface area (Å²) in [5.41, 5.74) is 8.18. The van der Waals surface area contributed by atoms with E-state index in [1.807, 2.05) is 6.08 Å². The summed E-state index contributed by atoms with van der Waals surface area (Å²) in [6, 6.07) is 0. The minimum Gasteiger partial charge on any atom is -1.00 e. The molecular formula is C15H26Cl2NOSiTi. The second kappa shape index (κ2) is 20.5. The maximum absolute atomic E-state index is 10.5. The molecule has 0 heterocycles. The maximum Gasteiger partial charge on any atom is 4.00 e. The van der Waals surface area contributed by atoms with E-state index in [2.05, 4.69) is 32.2 Å². The van der Waals surface area contributed by atoms with Gasteiger partial charge in [-0.3, -0.25) is 6.08 Å². The van der Waals surface area contributed by atoms with Gasteiger partial charge >= 0.3 is 21.7 Å².